The third kappa shape index (κ3) is 6.06. The van der Waals surface area contributed by atoms with E-state index < -0.39 is 101 Å². The van der Waals surface area contributed by atoms with E-state index in [4.69, 9.17) is 28.4 Å². The van der Waals surface area contributed by atoms with Gasteiger partial charge in [0.2, 0.25) is 18.2 Å². The van der Waals surface area contributed by atoms with Gasteiger partial charge < -0.3 is 38.6 Å². The van der Waals surface area contributed by atoms with Gasteiger partial charge >= 0.3 is 23.9 Å². The summed E-state index contributed by atoms with van der Waals surface area (Å²) in [5, 5.41) is 21.1. The van der Waals surface area contributed by atoms with Crippen molar-refractivity contribution < 1.29 is 67.4 Å². The first-order valence-electron chi connectivity index (χ1n) is 12.0. The summed E-state index contributed by atoms with van der Waals surface area (Å²) in [6.45, 7) is 6.55. The van der Waals surface area contributed by atoms with Gasteiger partial charge in [0.1, 0.15) is 24.2 Å². The highest BCUT2D eigenvalue weighted by molar-refractivity contribution is 6.26. The minimum absolute atomic E-state index is 0.144. The lowest BCUT2D eigenvalue weighted by Gasteiger charge is -2.44. The fourth-order valence-corrected chi connectivity index (χ4v) is 4.30. The lowest BCUT2D eigenvalue weighted by molar-refractivity contribution is -0.298. The third-order valence-electron chi connectivity index (χ3n) is 6.15. The van der Waals surface area contributed by atoms with Crippen LogP contribution in [0.25, 0.3) is 0 Å². The van der Waals surface area contributed by atoms with Gasteiger partial charge in [-0.25, -0.2) is 0 Å². The van der Waals surface area contributed by atoms with Crippen molar-refractivity contribution >= 4 is 35.4 Å². The van der Waals surface area contributed by atoms with Crippen LogP contribution in [0.1, 0.15) is 59.5 Å². The van der Waals surface area contributed by atoms with Crippen LogP contribution in [0.5, 0.6) is 11.5 Å². The van der Waals surface area contributed by atoms with Gasteiger partial charge in [0.25, 0.3) is 0 Å². The molecule has 0 saturated carbocycles. The van der Waals surface area contributed by atoms with E-state index >= 15 is 0 Å². The molecular formula is C26H28O14. The van der Waals surface area contributed by atoms with Crippen LogP contribution in [-0.4, -0.2) is 83.0 Å². The number of carbonyl (C=O) groups excluding carboxylic acids is 6. The summed E-state index contributed by atoms with van der Waals surface area (Å²) < 4.78 is 32.3. The van der Waals surface area contributed by atoms with Gasteiger partial charge in [-0.05, 0) is 25.0 Å². The SMILES string of the molecule is CC(=O)OCC1OC(OC2=CC(=O)c3c(O)c(C)c(C)c(O)c3C2=O)C(OC(C)=O)C(OC(C)=O)C1OC(C)=O. The average Bonchev–Trinajstić information content (AvgIpc) is 2.84. The normalized spacial score (nSPS) is 23.9. The highest BCUT2D eigenvalue weighted by atomic mass is 16.7. The van der Waals surface area contributed by atoms with Gasteiger partial charge in [-0.1, -0.05) is 0 Å². The highest BCUT2D eigenvalue weighted by Crippen LogP contribution is 2.41. The summed E-state index contributed by atoms with van der Waals surface area (Å²) in [5.74, 6) is -6.98. The van der Waals surface area contributed by atoms with Crippen molar-refractivity contribution in [2.24, 2.45) is 0 Å². The maximum absolute atomic E-state index is 13.4. The molecule has 14 nitrogen and oxygen atoms in total. The molecule has 2 aliphatic rings. The molecule has 1 aromatic carbocycles. The number of benzene rings is 1. The van der Waals surface area contributed by atoms with Crippen molar-refractivity contribution in [3.8, 4) is 11.5 Å². The first kappa shape index (κ1) is 30.1. The monoisotopic (exact) mass is 564 g/mol. The van der Waals surface area contributed by atoms with Crippen LogP contribution in [0.15, 0.2) is 11.8 Å². The molecule has 40 heavy (non-hydrogen) atoms. The Kier molecular flexibility index (Phi) is 8.83. The van der Waals surface area contributed by atoms with Crippen LogP contribution in [0.3, 0.4) is 0 Å². The number of fused-ring (bicyclic) bond motifs is 1. The molecule has 0 bridgehead atoms. The van der Waals surface area contributed by atoms with Crippen molar-refractivity contribution in [1.82, 2.24) is 0 Å². The molecule has 5 atom stereocenters. The molecule has 1 heterocycles. The van der Waals surface area contributed by atoms with Crippen LogP contribution >= 0.6 is 0 Å². The van der Waals surface area contributed by atoms with Gasteiger partial charge in [0.15, 0.2) is 23.8 Å². The Labute approximate surface area is 227 Å². The van der Waals surface area contributed by atoms with E-state index in [-0.39, 0.29) is 11.1 Å². The van der Waals surface area contributed by atoms with E-state index in [2.05, 4.69) is 0 Å². The van der Waals surface area contributed by atoms with Gasteiger partial charge in [0, 0.05) is 33.8 Å². The number of esters is 4. The third-order valence-corrected chi connectivity index (χ3v) is 6.15. The average molecular weight is 564 g/mol. The second-order valence-electron chi connectivity index (χ2n) is 9.08. The number of phenols is 2. The van der Waals surface area contributed by atoms with E-state index in [9.17, 15) is 39.0 Å². The summed E-state index contributed by atoms with van der Waals surface area (Å²) in [6, 6.07) is 0. The van der Waals surface area contributed by atoms with Crippen LogP contribution in [0, 0.1) is 13.8 Å². The Balaban J connectivity index is 2.08. The van der Waals surface area contributed by atoms with Crippen molar-refractivity contribution in [3.05, 3.63) is 34.1 Å². The Morgan fingerprint density at radius 1 is 0.775 bits per heavy atom. The molecule has 0 radical (unpaired) electrons. The molecule has 0 spiro atoms. The fraction of sp³-hybridized carbons (Fsp3) is 0.462. The van der Waals surface area contributed by atoms with Gasteiger partial charge in [0.05, 0.1) is 11.1 Å². The molecule has 5 unspecified atom stereocenters. The quantitative estimate of drug-likeness (QED) is 0.271. The summed E-state index contributed by atoms with van der Waals surface area (Å²) in [4.78, 5) is 73.6. The minimum atomic E-state index is -1.78. The Morgan fingerprint density at radius 2 is 1.27 bits per heavy atom. The van der Waals surface area contributed by atoms with Gasteiger partial charge in [-0.2, -0.15) is 0 Å². The smallest absolute Gasteiger partial charge is 0.303 e. The second kappa shape index (κ2) is 11.7. The first-order chi connectivity index (χ1) is 18.6. The molecule has 1 saturated heterocycles. The molecule has 216 valence electrons. The Hall–Kier alpha value is -4.46. The van der Waals surface area contributed by atoms with Gasteiger partial charge in [-0.3, -0.25) is 28.8 Å². The summed E-state index contributed by atoms with van der Waals surface area (Å²) in [7, 11) is 0. The maximum atomic E-state index is 13.4. The van der Waals surface area contributed by atoms with Crippen LogP contribution in [0.2, 0.25) is 0 Å². The second-order valence-corrected chi connectivity index (χ2v) is 9.08. The highest BCUT2D eigenvalue weighted by Gasteiger charge is 2.54. The number of hydrogen-bond acceptors (Lipinski definition) is 14. The van der Waals surface area contributed by atoms with E-state index in [1.807, 2.05) is 0 Å². The molecule has 1 aliphatic heterocycles. The number of ether oxygens (including phenoxy) is 6. The zero-order chi connectivity index (χ0) is 30.0. The number of rotatable bonds is 7. The molecule has 0 amide bonds. The number of ketones is 2. The number of phenolic OH excluding ortho intramolecular Hbond substituents is 2. The van der Waals surface area contributed by atoms with Gasteiger partial charge in [-0.15, -0.1) is 0 Å². The number of hydrogen-bond donors (Lipinski definition) is 2. The number of carbonyl (C=O) groups is 6. The largest absolute Gasteiger partial charge is 0.507 e. The predicted molar refractivity (Wildman–Crippen MR) is 129 cm³/mol. The zero-order valence-electron chi connectivity index (χ0n) is 22.5. The fourth-order valence-electron chi connectivity index (χ4n) is 4.30. The van der Waals surface area contributed by atoms with Crippen LogP contribution in [0.4, 0.5) is 0 Å². The van der Waals surface area contributed by atoms with Crippen molar-refractivity contribution in [3.63, 3.8) is 0 Å². The van der Waals surface area contributed by atoms with Crippen LogP contribution < -0.4 is 0 Å². The van der Waals surface area contributed by atoms with E-state index in [0.29, 0.717) is 0 Å². The minimum Gasteiger partial charge on any atom is -0.507 e. The van der Waals surface area contributed by atoms with E-state index in [0.717, 1.165) is 33.8 Å². The summed E-state index contributed by atoms with van der Waals surface area (Å²) >= 11 is 0. The predicted octanol–water partition coefficient (Wildman–Crippen LogP) is 1.08. The molecule has 1 aromatic rings. The molecular weight excluding hydrogens is 536 g/mol. The Bertz CT molecular complexity index is 1310. The molecule has 1 aliphatic carbocycles. The van der Waals surface area contributed by atoms with Crippen molar-refractivity contribution in [2.45, 2.75) is 72.2 Å². The summed E-state index contributed by atoms with van der Waals surface area (Å²) in [6.07, 6.45) is -7.10. The van der Waals surface area contributed by atoms with Crippen LogP contribution in [-0.2, 0) is 47.6 Å². The molecule has 14 heteroatoms. The topological polar surface area (TPSA) is 198 Å². The maximum Gasteiger partial charge on any atom is 0.303 e. The summed E-state index contributed by atoms with van der Waals surface area (Å²) in [5.41, 5.74) is -0.617. The van der Waals surface area contributed by atoms with Crippen molar-refractivity contribution in [1.29, 1.82) is 0 Å². The standard InChI is InChI=1S/C26H28O14/c1-9-10(2)21(33)19-18(20(9)32)15(31)7-16(22(19)34)39-26-25(38-14(6)30)24(37-13(5)29)23(36-12(4)28)17(40-26)8-35-11(3)27/h7,17,23-26,32-33H,8H2,1-6H3. The molecule has 0 aromatic heterocycles. The zero-order valence-corrected chi connectivity index (χ0v) is 22.5. The number of allylic oxidation sites excluding steroid dienone is 2. The lowest BCUT2D eigenvalue weighted by atomic mass is 9.87. The number of Topliss-reactive ketones (excluding diaryl/α,β-unsaturated/α-hetero) is 1. The van der Waals surface area contributed by atoms with E-state index in [1.165, 1.54) is 13.8 Å². The first-order valence-corrected chi connectivity index (χ1v) is 12.0. The molecule has 1 fully saturated rings. The van der Waals surface area contributed by atoms with Crippen molar-refractivity contribution in [2.75, 3.05) is 6.61 Å². The molecule has 2 N–H and O–H groups in total. The molecule has 3 rings (SSSR count). The number of aromatic hydroxyl groups is 2. The Morgan fingerprint density at radius 3 is 1.80 bits per heavy atom. The van der Waals surface area contributed by atoms with E-state index in [1.54, 1.807) is 0 Å². The lowest BCUT2D eigenvalue weighted by Crippen LogP contribution is -2.63.